The summed E-state index contributed by atoms with van der Waals surface area (Å²) in [5.74, 6) is -0.972. The molecule has 1 aromatic carbocycles. The second kappa shape index (κ2) is 5.12. The molecule has 0 fully saturated rings. The van der Waals surface area contributed by atoms with E-state index in [1.807, 2.05) is 0 Å². The van der Waals surface area contributed by atoms with Crippen molar-refractivity contribution in [3.05, 3.63) is 46.1 Å². The number of nitro groups is 1. The lowest BCUT2D eigenvalue weighted by Gasteiger charge is -2.04. The van der Waals surface area contributed by atoms with Crippen LogP contribution in [0.2, 0.25) is 0 Å². The summed E-state index contributed by atoms with van der Waals surface area (Å²) in [7, 11) is 0. The minimum absolute atomic E-state index is 0.0344. The number of aromatic carboxylic acids is 1. The molecule has 0 atom stereocenters. The largest absolute Gasteiger partial charge is 0.485 e. The summed E-state index contributed by atoms with van der Waals surface area (Å²) in [6.07, 6.45) is 1.12. The van der Waals surface area contributed by atoms with E-state index >= 15 is 0 Å². The Kier molecular flexibility index (Phi) is 3.37. The van der Waals surface area contributed by atoms with Crippen LogP contribution < -0.4 is 4.74 Å². The first-order valence-corrected chi connectivity index (χ1v) is 4.97. The van der Waals surface area contributed by atoms with Gasteiger partial charge in [-0.05, 0) is 6.07 Å². The number of ether oxygens (including phenoxy) is 1. The van der Waals surface area contributed by atoms with Gasteiger partial charge >= 0.3 is 5.97 Å². The van der Waals surface area contributed by atoms with Crippen LogP contribution in [-0.4, -0.2) is 26.1 Å². The first kappa shape index (κ1) is 12.5. The number of hydrogen-bond donors (Lipinski definition) is 1. The number of nitrogens with zero attached hydrogens (tertiary/aromatic N) is 3. The molecule has 19 heavy (non-hydrogen) atoms. The molecule has 1 heterocycles. The Bertz CT molecular complexity index is 610. The summed E-state index contributed by atoms with van der Waals surface area (Å²) in [5, 5.41) is 23.0. The lowest BCUT2D eigenvalue weighted by atomic mass is 10.1. The van der Waals surface area contributed by atoms with E-state index in [9.17, 15) is 14.9 Å². The van der Waals surface area contributed by atoms with Crippen LogP contribution in [0.1, 0.15) is 16.2 Å². The summed E-state index contributed by atoms with van der Waals surface area (Å²) in [6.45, 7) is -0.0344. The topological polar surface area (TPSA) is 129 Å². The van der Waals surface area contributed by atoms with E-state index in [2.05, 4.69) is 14.7 Å². The fourth-order valence-electron chi connectivity index (χ4n) is 1.34. The summed E-state index contributed by atoms with van der Waals surface area (Å²) in [4.78, 5) is 24.5. The predicted octanol–water partition coefficient (Wildman–Crippen LogP) is 1.25. The minimum Gasteiger partial charge on any atom is -0.485 e. The normalized spacial score (nSPS) is 10.1. The molecule has 0 unspecified atom stereocenters. The Hall–Kier alpha value is -2.97. The van der Waals surface area contributed by atoms with Gasteiger partial charge < -0.3 is 14.4 Å². The Balaban J connectivity index is 2.20. The van der Waals surface area contributed by atoms with E-state index in [1.165, 1.54) is 6.07 Å². The van der Waals surface area contributed by atoms with Gasteiger partial charge in [0.25, 0.3) is 5.69 Å². The predicted molar refractivity (Wildman–Crippen MR) is 58.7 cm³/mol. The number of rotatable bonds is 5. The summed E-state index contributed by atoms with van der Waals surface area (Å²) in [5.41, 5.74) is -0.949. The Morgan fingerprint density at radius 1 is 1.53 bits per heavy atom. The average Bonchev–Trinajstić information content (AvgIpc) is 2.88. The molecule has 0 saturated heterocycles. The number of carbonyl (C=O) groups is 1. The maximum Gasteiger partial charge on any atom is 0.342 e. The molecule has 9 nitrogen and oxygen atoms in total. The highest BCUT2D eigenvalue weighted by atomic mass is 16.6. The molecule has 0 aliphatic rings. The van der Waals surface area contributed by atoms with E-state index in [1.54, 1.807) is 0 Å². The third-order valence-electron chi connectivity index (χ3n) is 2.17. The molecule has 2 rings (SSSR count). The molecule has 2 aromatic rings. The zero-order chi connectivity index (χ0) is 13.8. The van der Waals surface area contributed by atoms with Crippen molar-refractivity contribution in [3.8, 4) is 5.75 Å². The van der Waals surface area contributed by atoms with E-state index in [0.29, 0.717) is 0 Å². The lowest BCUT2D eigenvalue weighted by Crippen LogP contribution is -2.04. The van der Waals surface area contributed by atoms with Crippen molar-refractivity contribution in [1.29, 1.82) is 0 Å². The SMILES string of the molecule is O=C(O)c1cc(OCc2ncon2)ccc1[N+](=O)[O-]. The number of benzene rings is 1. The Labute approximate surface area is 105 Å². The molecule has 98 valence electrons. The Morgan fingerprint density at radius 3 is 2.89 bits per heavy atom. The molecular formula is C10H7N3O6. The van der Waals surface area contributed by atoms with Crippen LogP contribution in [0.3, 0.4) is 0 Å². The second-order valence-electron chi connectivity index (χ2n) is 3.38. The summed E-state index contributed by atoms with van der Waals surface area (Å²) >= 11 is 0. The number of carboxylic acids is 1. The van der Waals surface area contributed by atoms with Gasteiger partial charge in [0.1, 0.15) is 11.3 Å². The zero-order valence-corrected chi connectivity index (χ0v) is 9.35. The summed E-state index contributed by atoms with van der Waals surface area (Å²) in [6, 6.07) is 3.43. The fourth-order valence-corrected chi connectivity index (χ4v) is 1.34. The van der Waals surface area contributed by atoms with Gasteiger partial charge in [-0.1, -0.05) is 5.16 Å². The monoisotopic (exact) mass is 265 g/mol. The Morgan fingerprint density at radius 2 is 2.32 bits per heavy atom. The van der Waals surface area contributed by atoms with Gasteiger partial charge in [-0.3, -0.25) is 10.1 Å². The van der Waals surface area contributed by atoms with Crippen molar-refractivity contribution < 1.29 is 24.1 Å². The third-order valence-corrected chi connectivity index (χ3v) is 2.17. The van der Waals surface area contributed by atoms with Crippen LogP contribution in [-0.2, 0) is 6.61 Å². The van der Waals surface area contributed by atoms with Crippen LogP contribution in [0.25, 0.3) is 0 Å². The smallest absolute Gasteiger partial charge is 0.342 e. The van der Waals surface area contributed by atoms with Gasteiger partial charge in [0.15, 0.2) is 6.61 Å². The molecular weight excluding hydrogens is 258 g/mol. The van der Waals surface area contributed by atoms with Crippen LogP contribution in [0, 0.1) is 10.1 Å². The zero-order valence-electron chi connectivity index (χ0n) is 9.35. The second-order valence-corrected chi connectivity index (χ2v) is 3.38. The van der Waals surface area contributed by atoms with Gasteiger partial charge in [0, 0.05) is 12.1 Å². The van der Waals surface area contributed by atoms with Gasteiger partial charge in [0.2, 0.25) is 12.2 Å². The van der Waals surface area contributed by atoms with Gasteiger partial charge in [-0.2, -0.15) is 4.98 Å². The van der Waals surface area contributed by atoms with Crippen molar-refractivity contribution in [1.82, 2.24) is 10.1 Å². The molecule has 0 bridgehead atoms. The molecule has 0 radical (unpaired) electrons. The molecule has 0 aliphatic heterocycles. The van der Waals surface area contributed by atoms with Crippen LogP contribution >= 0.6 is 0 Å². The lowest BCUT2D eigenvalue weighted by molar-refractivity contribution is -0.385. The molecule has 0 amide bonds. The van der Waals surface area contributed by atoms with Gasteiger partial charge in [-0.15, -0.1) is 0 Å². The molecule has 1 N–H and O–H groups in total. The minimum atomic E-state index is -1.41. The maximum absolute atomic E-state index is 10.9. The number of carboxylic acid groups (broad SMARTS) is 1. The highest BCUT2D eigenvalue weighted by Crippen LogP contribution is 2.24. The molecule has 0 spiro atoms. The molecule has 9 heteroatoms. The van der Waals surface area contributed by atoms with E-state index < -0.39 is 22.1 Å². The number of aromatic nitrogens is 2. The summed E-state index contributed by atoms with van der Waals surface area (Å²) < 4.78 is 9.70. The molecule has 0 aliphatic carbocycles. The standard InChI is InChI=1S/C10H7N3O6/c14-10(15)7-3-6(1-2-8(7)13(16)17)18-4-9-11-5-19-12-9/h1-3,5H,4H2,(H,14,15). The van der Waals surface area contributed by atoms with Crippen molar-refractivity contribution >= 4 is 11.7 Å². The van der Waals surface area contributed by atoms with E-state index in [-0.39, 0.29) is 18.2 Å². The van der Waals surface area contributed by atoms with E-state index in [0.717, 1.165) is 18.5 Å². The highest BCUT2D eigenvalue weighted by Gasteiger charge is 2.20. The van der Waals surface area contributed by atoms with Crippen molar-refractivity contribution in [2.75, 3.05) is 0 Å². The molecule has 1 aromatic heterocycles. The third kappa shape index (κ3) is 2.83. The van der Waals surface area contributed by atoms with Gasteiger partial charge in [0.05, 0.1) is 4.92 Å². The maximum atomic E-state index is 10.9. The van der Waals surface area contributed by atoms with Crippen LogP contribution in [0.4, 0.5) is 5.69 Å². The fraction of sp³-hybridized carbons (Fsp3) is 0.100. The van der Waals surface area contributed by atoms with E-state index in [4.69, 9.17) is 9.84 Å². The first-order chi connectivity index (χ1) is 9.08. The number of nitro benzene ring substituents is 1. The quantitative estimate of drug-likeness (QED) is 0.631. The molecule has 0 saturated carbocycles. The van der Waals surface area contributed by atoms with Crippen LogP contribution in [0.5, 0.6) is 5.75 Å². The average molecular weight is 265 g/mol. The van der Waals surface area contributed by atoms with Crippen molar-refractivity contribution in [3.63, 3.8) is 0 Å². The van der Waals surface area contributed by atoms with Gasteiger partial charge in [-0.25, -0.2) is 4.79 Å². The first-order valence-electron chi connectivity index (χ1n) is 4.97. The van der Waals surface area contributed by atoms with Crippen molar-refractivity contribution in [2.24, 2.45) is 0 Å². The number of hydrogen-bond acceptors (Lipinski definition) is 7. The van der Waals surface area contributed by atoms with Crippen LogP contribution in [0.15, 0.2) is 29.1 Å². The van der Waals surface area contributed by atoms with Crippen molar-refractivity contribution in [2.45, 2.75) is 6.61 Å². The highest BCUT2D eigenvalue weighted by molar-refractivity contribution is 5.92.